The first-order valence-electron chi connectivity index (χ1n) is 6.23. The van der Waals surface area contributed by atoms with E-state index in [-0.39, 0.29) is 11.5 Å². The molecule has 2 aromatic carbocycles. The third-order valence-corrected chi connectivity index (χ3v) is 3.21. The van der Waals surface area contributed by atoms with Gasteiger partial charge in [-0.1, -0.05) is 35.0 Å². The summed E-state index contributed by atoms with van der Waals surface area (Å²) in [5.74, 6) is -1.01. The number of para-hydroxylation sites is 1. The molecule has 5 heteroatoms. The smallest absolute Gasteiger partial charge is 0.167 e. The van der Waals surface area contributed by atoms with Crippen molar-refractivity contribution in [3.8, 4) is 11.5 Å². The van der Waals surface area contributed by atoms with Crippen molar-refractivity contribution >= 4 is 15.9 Å². The van der Waals surface area contributed by atoms with Gasteiger partial charge in [0.15, 0.2) is 23.1 Å². The fourth-order valence-corrected chi connectivity index (χ4v) is 2.07. The number of hydrogen-bond acceptors (Lipinski definition) is 2. The second-order valence-corrected chi connectivity index (χ2v) is 5.10. The largest absolute Gasteiger partial charge is 0.451 e. The van der Waals surface area contributed by atoms with Crippen LogP contribution in [0.1, 0.15) is 12.5 Å². The maximum Gasteiger partial charge on any atom is 0.167 e. The minimum atomic E-state index is -0.544. The van der Waals surface area contributed by atoms with Crippen molar-refractivity contribution in [2.45, 2.75) is 13.5 Å². The Balaban J connectivity index is 2.32. The van der Waals surface area contributed by atoms with Crippen molar-refractivity contribution in [3.63, 3.8) is 0 Å². The van der Waals surface area contributed by atoms with E-state index in [9.17, 15) is 8.78 Å². The molecule has 0 radical (unpaired) electrons. The summed E-state index contributed by atoms with van der Waals surface area (Å²) in [4.78, 5) is 0. The van der Waals surface area contributed by atoms with Gasteiger partial charge in [-0.3, -0.25) is 0 Å². The van der Waals surface area contributed by atoms with Crippen LogP contribution in [0.3, 0.4) is 0 Å². The molecule has 0 aromatic heterocycles. The number of halogens is 3. The molecule has 0 saturated heterocycles. The highest BCUT2D eigenvalue weighted by Crippen LogP contribution is 2.31. The predicted molar refractivity (Wildman–Crippen MR) is 78.0 cm³/mol. The highest BCUT2D eigenvalue weighted by atomic mass is 79.9. The highest BCUT2D eigenvalue weighted by molar-refractivity contribution is 9.10. The lowest BCUT2D eigenvalue weighted by atomic mass is 10.2. The highest BCUT2D eigenvalue weighted by Gasteiger charge is 2.13. The van der Waals surface area contributed by atoms with Gasteiger partial charge < -0.3 is 10.1 Å². The Labute approximate surface area is 124 Å². The maximum atomic E-state index is 13.9. The zero-order valence-electron chi connectivity index (χ0n) is 10.9. The molecular formula is C15H14BrF2NO. The summed E-state index contributed by atoms with van der Waals surface area (Å²) in [6, 6.07) is 9.03. The molecule has 1 N–H and O–H groups in total. The molecule has 0 spiro atoms. The fraction of sp³-hybridized carbons (Fsp3) is 0.200. The lowest BCUT2D eigenvalue weighted by molar-refractivity contribution is 0.408. The van der Waals surface area contributed by atoms with E-state index in [4.69, 9.17) is 4.74 Å². The maximum absolute atomic E-state index is 13.9. The second-order valence-electron chi connectivity index (χ2n) is 4.19. The average Bonchev–Trinajstić information content (AvgIpc) is 2.42. The summed E-state index contributed by atoms with van der Waals surface area (Å²) in [5.41, 5.74) is 0.647. The molecule has 2 aromatic rings. The molecule has 0 aliphatic carbocycles. The van der Waals surface area contributed by atoms with Gasteiger partial charge in [-0.25, -0.2) is 8.78 Å². The summed E-state index contributed by atoms with van der Waals surface area (Å²) in [6.45, 7) is 3.17. The van der Waals surface area contributed by atoms with Crippen LogP contribution in [0, 0.1) is 11.6 Å². The van der Waals surface area contributed by atoms with E-state index in [1.165, 1.54) is 18.2 Å². The SMILES string of the molecule is CCNCc1cccc(F)c1Oc1ccc(Br)cc1F. The number of hydrogen-bond donors (Lipinski definition) is 1. The molecule has 0 unspecified atom stereocenters. The minimum absolute atomic E-state index is 0.00366. The quantitative estimate of drug-likeness (QED) is 0.856. The number of ether oxygens (including phenoxy) is 1. The molecule has 0 aliphatic heterocycles. The molecule has 0 amide bonds. The summed E-state index contributed by atoms with van der Waals surface area (Å²) >= 11 is 3.17. The normalized spacial score (nSPS) is 10.6. The Morgan fingerprint density at radius 2 is 1.95 bits per heavy atom. The first kappa shape index (κ1) is 14.9. The molecular weight excluding hydrogens is 328 g/mol. The fourth-order valence-electron chi connectivity index (χ4n) is 1.73. The van der Waals surface area contributed by atoms with Crippen LogP contribution in [0.4, 0.5) is 8.78 Å². The van der Waals surface area contributed by atoms with Crippen LogP contribution in [0.5, 0.6) is 11.5 Å². The molecule has 0 aliphatic rings. The van der Waals surface area contributed by atoms with Crippen LogP contribution < -0.4 is 10.1 Å². The lowest BCUT2D eigenvalue weighted by Crippen LogP contribution is -2.13. The minimum Gasteiger partial charge on any atom is -0.451 e. The standard InChI is InChI=1S/C15H14BrF2NO/c1-2-19-9-10-4-3-5-12(17)15(10)20-14-7-6-11(16)8-13(14)18/h3-8,19H,2,9H2,1H3. The summed E-state index contributed by atoms with van der Waals surface area (Å²) in [7, 11) is 0. The van der Waals surface area contributed by atoms with Gasteiger partial charge in [-0.05, 0) is 30.8 Å². The zero-order chi connectivity index (χ0) is 14.5. The van der Waals surface area contributed by atoms with Crippen LogP contribution in [0.15, 0.2) is 40.9 Å². The van der Waals surface area contributed by atoms with Gasteiger partial charge in [0.25, 0.3) is 0 Å². The molecule has 20 heavy (non-hydrogen) atoms. The van der Waals surface area contributed by atoms with Crippen LogP contribution in [-0.2, 0) is 6.54 Å². The number of rotatable bonds is 5. The predicted octanol–water partition coefficient (Wildman–Crippen LogP) is 4.63. The summed E-state index contributed by atoms with van der Waals surface area (Å²) < 4.78 is 33.7. The van der Waals surface area contributed by atoms with Crippen LogP contribution in [-0.4, -0.2) is 6.54 Å². The van der Waals surface area contributed by atoms with Gasteiger partial charge in [0, 0.05) is 16.6 Å². The third-order valence-electron chi connectivity index (χ3n) is 2.72. The second kappa shape index (κ2) is 6.81. The van der Waals surface area contributed by atoms with Gasteiger partial charge in [0.1, 0.15) is 0 Å². The van der Waals surface area contributed by atoms with E-state index >= 15 is 0 Å². The van der Waals surface area contributed by atoms with E-state index in [1.54, 1.807) is 18.2 Å². The molecule has 0 atom stereocenters. The third kappa shape index (κ3) is 3.55. The van der Waals surface area contributed by atoms with Gasteiger partial charge in [0.05, 0.1) is 0 Å². The monoisotopic (exact) mass is 341 g/mol. The van der Waals surface area contributed by atoms with Crippen molar-refractivity contribution in [2.24, 2.45) is 0 Å². The van der Waals surface area contributed by atoms with E-state index < -0.39 is 11.6 Å². The molecule has 2 nitrogen and oxygen atoms in total. The van der Waals surface area contributed by atoms with Gasteiger partial charge in [-0.2, -0.15) is 0 Å². The lowest BCUT2D eigenvalue weighted by Gasteiger charge is -2.13. The molecule has 0 fully saturated rings. The van der Waals surface area contributed by atoms with Gasteiger partial charge in [0.2, 0.25) is 0 Å². The molecule has 0 saturated carbocycles. The topological polar surface area (TPSA) is 21.3 Å². The average molecular weight is 342 g/mol. The van der Waals surface area contributed by atoms with Crippen LogP contribution in [0.25, 0.3) is 0 Å². The number of nitrogens with one attached hydrogen (secondary N) is 1. The first-order valence-corrected chi connectivity index (χ1v) is 7.02. The van der Waals surface area contributed by atoms with Gasteiger partial charge >= 0.3 is 0 Å². The molecule has 106 valence electrons. The van der Waals surface area contributed by atoms with Crippen LogP contribution in [0.2, 0.25) is 0 Å². The Bertz CT molecular complexity index is 604. The van der Waals surface area contributed by atoms with E-state index in [0.29, 0.717) is 16.6 Å². The molecule has 0 heterocycles. The van der Waals surface area contributed by atoms with Crippen molar-refractivity contribution in [3.05, 3.63) is 58.1 Å². The number of benzene rings is 2. The molecule has 0 bridgehead atoms. The van der Waals surface area contributed by atoms with Crippen molar-refractivity contribution < 1.29 is 13.5 Å². The van der Waals surface area contributed by atoms with E-state index in [0.717, 1.165) is 6.54 Å². The Morgan fingerprint density at radius 1 is 1.15 bits per heavy atom. The Morgan fingerprint density at radius 3 is 2.65 bits per heavy atom. The van der Waals surface area contributed by atoms with Crippen LogP contribution >= 0.6 is 15.9 Å². The molecule has 2 rings (SSSR count). The summed E-state index contributed by atoms with van der Waals surface area (Å²) in [6.07, 6.45) is 0. The summed E-state index contributed by atoms with van der Waals surface area (Å²) in [5, 5.41) is 3.09. The first-order chi connectivity index (χ1) is 9.61. The Kier molecular flexibility index (Phi) is 5.09. The zero-order valence-corrected chi connectivity index (χ0v) is 12.5. The van der Waals surface area contributed by atoms with Crippen molar-refractivity contribution in [2.75, 3.05) is 6.54 Å². The van der Waals surface area contributed by atoms with Crippen molar-refractivity contribution in [1.82, 2.24) is 5.32 Å². The Hall–Kier alpha value is -1.46. The van der Waals surface area contributed by atoms with E-state index in [2.05, 4.69) is 21.2 Å². The van der Waals surface area contributed by atoms with E-state index in [1.807, 2.05) is 6.92 Å². The van der Waals surface area contributed by atoms with Gasteiger partial charge in [-0.15, -0.1) is 0 Å². The van der Waals surface area contributed by atoms with Crippen molar-refractivity contribution in [1.29, 1.82) is 0 Å².